The molecule has 0 saturated heterocycles. The van der Waals surface area contributed by atoms with E-state index in [1.54, 1.807) is 6.92 Å². The van der Waals surface area contributed by atoms with Gasteiger partial charge in [0.1, 0.15) is 0 Å². The number of rotatable bonds is 4. The molecule has 0 radical (unpaired) electrons. The summed E-state index contributed by atoms with van der Waals surface area (Å²) in [4.78, 5) is 23.2. The van der Waals surface area contributed by atoms with Crippen LogP contribution in [0.2, 0.25) is 0 Å². The minimum Gasteiger partial charge on any atom is -0.466 e. The van der Waals surface area contributed by atoms with Crippen molar-refractivity contribution < 1.29 is 14.3 Å². The lowest BCUT2D eigenvalue weighted by Crippen LogP contribution is -2.50. The van der Waals surface area contributed by atoms with Gasteiger partial charge in [0.05, 0.1) is 18.6 Å². The molecule has 0 aliphatic heterocycles. The number of fused-ring (bicyclic) bond motifs is 1. The Hall–Kier alpha value is -1.84. The van der Waals surface area contributed by atoms with Crippen LogP contribution >= 0.6 is 0 Å². The summed E-state index contributed by atoms with van der Waals surface area (Å²) in [6, 6.07) is 8.05. The topological polar surface area (TPSA) is 55.4 Å². The maximum absolute atomic E-state index is 11.8. The number of esters is 1. The van der Waals surface area contributed by atoms with Gasteiger partial charge in [0, 0.05) is 6.92 Å². The lowest BCUT2D eigenvalue weighted by atomic mass is 9.91. The molecule has 0 bridgehead atoms. The summed E-state index contributed by atoms with van der Waals surface area (Å²) in [5.74, 6) is -0.374. The zero-order valence-electron chi connectivity index (χ0n) is 11.4. The van der Waals surface area contributed by atoms with Crippen molar-refractivity contribution in [2.45, 2.75) is 38.6 Å². The van der Waals surface area contributed by atoms with Crippen LogP contribution in [0, 0.1) is 0 Å². The van der Waals surface area contributed by atoms with Crippen LogP contribution in [0.4, 0.5) is 0 Å². The highest BCUT2D eigenvalue weighted by molar-refractivity contribution is 5.77. The molecule has 0 heterocycles. The van der Waals surface area contributed by atoms with Crippen LogP contribution in [-0.2, 0) is 27.2 Å². The third kappa shape index (κ3) is 3.13. The van der Waals surface area contributed by atoms with Crippen molar-refractivity contribution >= 4 is 11.9 Å². The Morgan fingerprint density at radius 2 is 1.84 bits per heavy atom. The molecular formula is C15H19NO3. The number of carbonyl (C=O) groups is 2. The number of amides is 1. The van der Waals surface area contributed by atoms with Gasteiger partial charge in [-0.2, -0.15) is 0 Å². The molecule has 1 aromatic rings. The first-order valence-electron chi connectivity index (χ1n) is 6.56. The van der Waals surface area contributed by atoms with Crippen LogP contribution in [0.1, 0.15) is 31.4 Å². The van der Waals surface area contributed by atoms with Gasteiger partial charge in [-0.3, -0.25) is 9.59 Å². The number of hydrogen-bond acceptors (Lipinski definition) is 3. The summed E-state index contributed by atoms with van der Waals surface area (Å²) >= 11 is 0. The van der Waals surface area contributed by atoms with Gasteiger partial charge in [0.2, 0.25) is 5.91 Å². The van der Waals surface area contributed by atoms with Gasteiger partial charge in [0.25, 0.3) is 0 Å². The van der Waals surface area contributed by atoms with Crippen LogP contribution < -0.4 is 5.32 Å². The van der Waals surface area contributed by atoms with Crippen molar-refractivity contribution in [1.82, 2.24) is 5.32 Å². The molecule has 0 saturated carbocycles. The van der Waals surface area contributed by atoms with E-state index in [-0.39, 0.29) is 18.3 Å². The highest BCUT2D eigenvalue weighted by Gasteiger charge is 2.40. The van der Waals surface area contributed by atoms with Crippen LogP contribution in [0.5, 0.6) is 0 Å². The van der Waals surface area contributed by atoms with E-state index in [1.807, 2.05) is 24.3 Å². The number of ether oxygens (including phenoxy) is 1. The Morgan fingerprint density at radius 1 is 1.26 bits per heavy atom. The highest BCUT2D eigenvalue weighted by atomic mass is 16.5. The van der Waals surface area contributed by atoms with Crippen molar-refractivity contribution in [3.8, 4) is 0 Å². The number of nitrogens with one attached hydrogen (secondary N) is 1. The van der Waals surface area contributed by atoms with Crippen molar-refractivity contribution in [2.75, 3.05) is 6.61 Å². The lowest BCUT2D eigenvalue weighted by Gasteiger charge is -2.28. The fraction of sp³-hybridized carbons (Fsp3) is 0.467. The molecule has 0 atom stereocenters. The second-order valence-electron chi connectivity index (χ2n) is 5.07. The molecule has 0 fully saturated rings. The lowest BCUT2D eigenvalue weighted by molar-refractivity contribution is -0.145. The van der Waals surface area contributed by atoms with Crippen LogP contribution in [0.15, 0.2) is 24.3 Å². The van der Waals surface area contributed by atoms with Gasteiger partial charge in [-0.1, -0.05) is 24.3 Å². The second-order valence-corrected chi connectivity index (χ2v) is 5.07. The molecule has 0 spiro atoms. The monoisotopic (exact) mass is 261 g/mol. The van der Waals surface area contributed by atoms with Crippen LogP contribution in [0.3, 0.4) is 0 Å². The number of benzene rings is 1. The molecular weight excluding hydrogens is 242 g/mol. The molecule has 1 N–H and O–H groups in total. The summed E-state index contributed by atoms with van der Waals surface area (Å²) < 4.78 is 5.02. The Kier molecular flexibility index (Phi) is 3.88. The summed E-state index contributed by atoms with van der Waals surface area (Å²) in [5.41, 5.74) is 1.86. The summed E-state index contributed by atoms with van der Waals surface area (Å²) in [7, 11) is 0. The zero-order valence-corrected chi connectivity index (χ0v) is 11.4. The molecule has 1 aromatic carbocycles. The molecule has 1 aliphatic carbocycles. The quantitative estimate of drug-likeness (QED) is 0.838. The van der Waals surface area contributed by atoms with Crippen LogP contribution in [0.25, 0.3) is 0 Å². The normalized spacial score (nSPS) is 15.7. The fourth-order valence-electron chi connectivity index (χ4n) is 2.81. The Bertz CT molecular complexity index is 471. The Labute approximate surface area is 113 Å². The van der Waals surface area contributed by atoms with E-state index >= 15 is 0 Å². The maximum atomic E-state index is 11.8. The minimum atomic E-state index is -0.526. The van der Waals surface area contributed by atoms with Crippen LogP contribution in [-0.4, -0.2) is 24.0 Å². The Balaban J connectivity index is 2.19. The summed E-state index contributed by atoms with van der Waals surface area (Å²) in [6.45, 7) is 3.63. The molecule has 102 valence electrons. The van der Waals surface area contributed by atoms with Gasteiger partial charge in [0.15, 0.2) is 0 Å². The molecule has 0 aromatic heterocycles. The van der Waals surface area contributed by atoms with Gasteiger partial charge in [-0.25, -0.2) is 0 Å². The van der Waals surface area contributed by atoms with Crippen molar-refractivity contribution in [2.24, 2.45) is 0 Å². The van der Waals surface area contributed by atoms with Gasteiger partial charge >= 0.3 is 5.97 Å². The first kappa shape index (κ1) is 13.6. The van der Waals surface area contributed by atoms with E-state index in [2.05, 4.69) is 5.32 Å². The average molecular weight is 261 g/mol. The maximum Gasteiger partial charge on any atom is 0.308 e. The molecule has 4 nitrogen and oxygen atoms in total. The zero-order chi connectivity index (χ0) is 13.9. The van der Waals surface area contributed by atoms with Crippen molar-refractivity contribution in [1.29, 1.82) is 0 Å². The molecule has 2 rings (SSSR count). The van der Waals surface area contributed by atoms with Gasteiger partial charge in [-0.15, -0.1) is 0 Å². The molecule has 1 amide bonds. The van der Waals surface area contributed by atoms with E-state index in [9.17, 15) is 9.59 Å². The predicted molar refractivity (Wildman–Crippen MR) is 71.6 cm³/mol. The second kappa shape index (κ2) is 5.43. The van der Waals surface area contributed by atoms with Crippen molar-refractivity contribution in [3.63, 3.8) is 0 Å². The number of carbonyl (C=O) groups excluding carboxylic acids is 2. The van der Waals surface area contributed by atoms with E-state index in [4.69, 9.17) is 4.74 Å². The van der Waals surface area contributed by atoms with E-state index < -0.39 is 5.54 Å². The van der Waals surface area contributed by atoms with Gasteiger partial charge < -0.3 is 10.1 Å². The first-order chi connectivity index (χ1) is 9.04. The highest BCUT2D eigenvalue weighted by Crippen LogP contribution is 2.32. The van der Waals surface area contributed by atoms with E-state index in [0.717, 1.165) is 0 Å². The molecule has 4 heteroatoms. The molecule has 19 heavy (non-hydrogen) atoms. The third-order valence-corrected chi connectivity index (χ3v) is 3.41. The standard InChI is InChI=1S/C15H19NO3/c1-3-19-14(18)10-15(16-11(2)17)8-12-6-4-5-7-13(12)9-15/h4-7H,3,8-10H2,1-2H3,(H,16,17). The third-order valence-electron chi connectivity index (χ3n) is 3.41. The minimum absolute atomic E-state index is 0.114. The van der Waals surface area contributed by atoms with E-state index in [0.29, 0.717) is 19.4 Å². The Morgan fingerprint density at radius 3 is 2.32 bits per heavy atom. The fourth-order valence-corrected chi connectivity index (χ4v) is 2.81. The van der Waals surface area contributed by atoms with Gasteiger partial charge in [-0.05, 0) is 30.9 Å². The van der Waals surface area contributed by atoms with E-state index in [1.165, 1.54) is 18.1 Å². The number of hydrogen-bond donors (Lipinski definition) is 1. The summed E-state index contributed by atoms with van der Waals surface area (Å²) in [5, 5.41) is 2.95. The molecule has 0 unspecified atom stereocenters. The average Bonchev–Trinajstić information content (AvgIpc) is 2.65. The predicted octanol–water partition coefficient (Wildman–Crippen LogP) is 1.61. The SMILES string of the molecule is CCOC(=O)CC1(NC(C)=O)Cc2ccccc2C1. The first-order valence-corrected chi connectivity index (χ1v) is 6.56. The smallest absolute Gasteiger partial charge is 0.308 e. The largest absolute Gasteiger partial charge is 0.466 e. The molecule has 1 aliphatic rings. The summed E-state index contributed by atoms with van der Waals surface area (Å²) in [6.07, 6.45) is 1.58. The van der Waals surface area contributed by atoms with Crippen molar-refractivity contribution in [3.05, 3.63) is 35.4 Å².